The fourth-order valence-electron chi connectivity index (χ4n) is 2.55. The Kier molecular flexibility index (Phi) is 3.10. The third kappa shape index (κ3) is 2.44. The van der Waals surface area contributed by atoms with Crippen LogP contribution in [0, 0.1) is 24.2 Å². The number of rotatable bonds is 3. The molecule has 2 unspecified atom stereocenters. The molecule has 0 aliphatic heterocycles. The van der Waals surface area contributed by atoms with Crippen LogP contribution in [0.5, 0.6) is 0 Å². The number of carboxylic acids is 1. The standard InChI is InChI=1S/C13H17NO3/c1-2-13(6-4-3-5-7-13)14-11(15)9-8-10(9)12(16)17/h1,9-10H,3-8H2,(H,14,15)(H,16,17). The first-order valence-corrected chi connectivity index (χ1v) is 6.10. The Bertz CT molecular complexity index is 377. The van der Waals surface area contributed by atoms with Gasteiger partial charge in [-0.05, 0) is 19.3 Å². The molecule has 4 heteroatoms. The van der Waals surface area contributed by atoms with Crippen LogP contribution in [0.4, 0.5) is 0 Å². The number of nitrogens with one attached hydrogen (secondary N) is 1. The summed E-state index contributed by atoms with van der Waals surface area (Å²) < 4.78 is 0. The average Bonchev–Trinajstić information content (AvgIpc) is 3.10. The van der Waals surface area contributed by atoms with Crippen LogP contribution in [-0.4, -0.2) is 22.5 Å². The summed E-state index contributed by atoms with van der Waals surface area (Å²) in [6.07, 6.45) is 10.8. The zero-order valence-electron chi connectivity index (χ0n) is 9.74. The molecule has 0 aromatic rings. The Labute approximate surface area is 101 Å². The van der Waals surface area contributed by atoms with Gasteiger partial charge in [0.2, 0.25) is 5.91 Å². The maximum atomic E-state index is 11.9. The minimum atomic E-state index is -0.886. The highest BCUT2D eigenvalue weighted by atomic mass is 16.4. The number of carbonyl (C=O) groups excluding carboxylic acids is 1. The van der Waals surface area contributed by atoms with Crippen LogP contribution in [-0.2, 0) is 9.59 Å². The van der Waals surface area contributed by atoms with Crippen molar-refractivity contribution >= 4 is 11.9 Å². The lowest BCUT2D eigenvalue weighted by Gasteiger charge is -2.33. The molecule has 1 amide bonds. The van der Waals surface area contributed by atoms with Crippen LogP contribution in [0.15, 0.2) is 0 Å². The molecule has 2 aliphatic carbocycles. The lowest BCUT2D eigenvalue weighted by Crippen LogP contribution is -2.49. The summed E-state index contributed by atoms with van der Waals surface area (Å²) in [5.41, 5.74) is -0.527. The second kappa shape index (κ2) is 4.40. The van der Waals surface area contributed by atoms with Crippen molar-refractivity contribution in [3.63, 3.8) is 0 Å². The maximum absolute atomic E-state index is 11.9. The third-order valence-corrected chi connectivity index (χ3v) is 3.79. The van der Waals surface area contributed by atoms with Crippen LogP contribution < -0.4 is 5.32 Å². The molecular weight excluding hydrogens is 218 g/mol. The van der Waals surface area contributed by atoms with Crippen LogP contribution in [0.25, 0.3) is 0 Å². The zero-order chi connectivity index (χ0) is 12.5. The van der Waals surface area contributed by atoms with Crippen LogP contribution in [0.1, 0.15) is 38.5 Å². The Hall–Kier alpha value is -1.50. The number of carbonyl (C=O) groups is 2. The number of aliphatic carboxylic acids is 1. The van der Waals surface area contributed by atoms with E-state index >= 15 is 0 Å². The molecule has 0 aromatic carbocycles. The van der Waals surface area contributed by atoms with E-state index in [1.165, 1.54) is 0 Å². The van der Waals surface area contributed by atoms with Gasteiger partial charge in [0, 0.05) is 0 Å². The van der Waals surface area contributed by atoms with Gasteiger partial charge in [0.15, 0.2) is 0 Å². The normalized spacial score (nSPS) is 30.1. The fraction of sp³-hybridized carbons (Fsp3) is 0.692. The molecule has 2 rings (SSSR count). The summed E-state index contributed by atoms with van der Waals surface area (Å²) in [7, 11) is 0. The molecule has 0 aromatic heterocycles. The Morgan fingerprint density at radius 1 is 1.24 bits per heavy atom. The molecule has 2 N–H and O–H groups in total. The first kappa shape index (κ1) is 12.0. The molecule has 92 valence electrons. The molecule has 2 fully saturated rings. The smallest absolute Gasteiger partial charge is 0.307 e. The van der Waals surface area contributed by atoms with E-state index in [-0.39, 0.29) is 11.8 Å². The molecule has 0 saturated heterocycles. The lowest BCUT2D eigenvalue weighted by atomic mass is 9.82. The third-order valence-electron chi connectivity index (χ3n) is 3.79. The van der Waals surface area contributed by atoms with E-state index in [1.807, 2.05) is 0 Å². The molecule has 2 atom stereocenters. The van der Waals surface area contributed by atoms with E-state index in [0.29, 0.717) is 6.42 Å². The highest BCUT2D eigenvalue weighted by Gasteiger charge is 2.49. The average molecular weight is 235 g/mol. The van der Waals surface area contributed by atoms with Crippen molar-refractivity contribution in [1.29, 1.82) is 0 Å². The quantitative estimate of drug-likeness (QED) is 0.721. The van der Waals surface area contributed by atoms with E-state index in [1.54, 1.807) is 0 Å². The van der Waals surface area contributed by atoms with E-state index in [0.717, 1.165) is 32.1 Å². The maximum Gasteiger partial charge on any atom is 0.307 e. The highest BCUT2D eigenvalue weighted by molar-refractivity contribution is 5.90. The summed E-state index contributed by atoms with van der Waals surface area (Å²) in [6.45, 7) is 0. The second-order valence-corrected chi connectivity index (χ2v) is 5.06. The van der Waals surface area contributed by atoms with Crippen LogP contribution >= 0.6 is 0 Å². The Morgan fingerprint density at radius 2 is 1.88 bits per heavy atom. The predicted molar refractivity (Wildman–Crippen MR) is 62.0 cm³/mol. The number of amides is 1. The largest absolute Gasteiger partial charge is 0.481 e. The molecule has 0 spiro atoms. The van der Waals surface area contributed by atoms with E-state index < -0.39 is 17.4 Å². The molecule has 2 aliphatic rings. The van der Waals surface area contributed by atoms with Crippen molar-refractivity contribution in [2.75, 3.05) is 0 Å². The number of carboxylic acid groups (broad SMARTS) is 1. The summed E-state index contributed by atoms with van der Waals surface area (Å²) in [6, 6.07) is 0. The highest BCUT2D eigenvalue weighted by Crippen LogP contribution is 2.39. The molecule has 4 nitrogen and oxygen atoms in total. The zero-order valence-corrected chi connectivity index (χ0v) is 9.74. The van der Waals surface area contributed by atoms with Crippen molar-refractivity contribution < 1.29 is 14.7 Å². The SMILES string of the molecule is C#CC1(NC(=O)C2CC2C(=O)O)CCCCC1. The van der Waals surface area contributed by atoms with Crippen molar-refractivity contribution in [2.24, 2.45) is 11.8 Å². The first-order chi connectivity index (χ1) is 8.08. The van der Waals surface area contributed by atoms with E-state index in [2.05, 4.69) is 11.2 Å². The molecule has 2 saturated carbocycles. The van der Waals surface area contributed by atoms with Gasteiger partial charge in [0.25, 0.3) is 0 Å². The Morgan fingerprint density at radius 3 is 2.35 bits per heavy atom. The fourth-order valence-corrected chi connectivity index (χ4v) is 2.55. The molecule has 0 heterocycles. The van der Waals surface area contributed by atoms with Gasteiger partial charge in [-0.15, -0.1) is 6.42 Å². The number of hydrogen-bond donors (Lipinski definition) is 2. The number of terminal acetylenes is 1. The summed E-state index contributed by atoms with van der Waals surface area (Å²) in [5.74, 6) is 0.746. The molecule has 0 radical (unpaired) electrons. The van der Waals surface area contributed by atoms with Gasteiger partial charge < -0.3 is 10.4 Å². The lowest BCUT2D eigenvalue weighted by molar-refractivity contribution is -0.140. The van der Waals surface area contributed by atoms with Gasteiger partial charge in [-0.3, -0.25) is 9.59 Å². The number of hydrogen-bond acceptors (Lipinski definition) is 2. The second-order valence-electron chi connectivity index (χ2n) is 5.06. The summed E-state index contributed by atoms with van der Waals surface area (Å²) in [5, 5.41) is 11.7. The first-order valence-electron chi connectivity index (χ1n) is 6.10. The molecule has 17 heavy (non-hydrogen) atoms. The van der Waals surface area contributed by atoms with Crippen molar-refractivity contribution in [3.05, 3.63) is 0 Å². The van der Waals surface area contributed by atoms with Gasteiger partial charge in [-0.25, -0.2) is 0 Å². The minimum Gasteiger partial charge on any atom is -0.481 e. The topological polar surface area (TPSA) is 66.4 Å². The van der Waals surface area contributed by atoms with Crippen molar-refractivity contribution in [3.8, 4) is 12.3 Å². The van der Waals surface area contributed by atoms with Gasteiger partial charge >= 0.3 is 5.97 Å². The van der Waals surface area contributed by atoms with Crippen LogP contribution in [0.2, 0.25) is 0 Å². The summed E-state index contributed by atoms with van der Waals surface area (Å²) in [4.78, 5) is 22.6. The van der Waals surface area contributed by atoms with Crippen molar-refractivity contribution in [2.45, 2.75) is 44.1 Å². The molecule has 0 bridgehead atoms. The predicted octanol–water partition coefficient (Wildman–Crippen LogP) is 1.16. The van der Waals surface area contributed by atoms with Gasteiger partial charge in [0.05, 0.1) is 11.8 Å². The Balaban J connectivity index is 1.94. The monoisotopic (exact) mass is 235 g/mol. The summed E-state index contributed by atoms with van der Waals surface area (Å²) >= 11 is 0. The molecular formula is C13H17NO3. The van der Waals surface area contributed by atoms with Gasteiger partial charge in [-0.2, -0.15) is 0 Å². The van der Waals surface area contributed by atoms with Crippen molar-refractivity contribution in [1.82, 2.24) is 5.32 Å². The van der Waals surface area contributed by atoms with Crippen LogP contribution in [0.3, 0.4) is 0 Å². The van der Waals surface area contributed by atoms with E-state index in [9.17, 15) is 9.59 Å². The van der Waals surface area contributed by atoms with Gasteiger partial charge in [-0.1, -0.05) is 25.2 Å². The van der Waals surface area contributed by atoms with E-state index in [4.69, 9.17) is 11.5 Å². The minimum absolute atomic E-state index is 0.183. The van der Waals surface area contributed by atoms with Gasteiger partial charge in [0.1, 0.15) is 5.54 Å².